The average molecular weight is 348 g/mol. The SMILES string of the molecule is O=C(NCC1CC(=O)N(c2ccc(F)cc2)C1)c1c(F)cccc1F. The summed E-state index contributed by atoms with van der Waals surface area (Å²) >= 11 is 0. The Hall–Kier alpha value is -2.83. The van der Waals surface area contributed by atoms with Crippen LogP contribution in [0.25, 0.3) is 0 Å². The Bertz CT molecular complexity index is 788. The molecular weight excluding hydrogens is 333 g/mol. The summed E-state index contributed by atoms with van der Waals surface area (Å²) in [7, 11) is 0. The first-order valence-electron chi connectivity index (χ1n) is 7.74. The highest BCUT2D eigenvalue weighted by Crippen LogP contribution is 2.25. The average Bonchev–Trinajstić information content (AvgIpc) is 2.94. The van der Waals surface area contributed by atoms with Crippen molar-refractivity contribution >= 4 is 17.5 Å². The summed E-state index contributed by atoms with van der Waals surface area (Å²) in [4.78, 5) is 25.6. The Balaban J connectivity index is 1.62. The van der Waals surface area contributed by atoms with E-state index in [9.17, 15) is 22.8 Å². The fourth-order valence-electron chi connectivity index (χ4n) is 2.83. The molecule has 1 fully saturated rings. The molecule has 7 heteroatoms. The molecule has 1 heterocycles. The van der Waals surface area contributed by atoms with Crippen LogP contribution >= 0.6 is 0 Å². The topological polar surface area (TPSA) is 49.4 Å². The summed E-state index contributed by atoms with van der Waals surface area (Å²) in [6.45, 7) is 0.445. The molecule has 1 atom stereocenters. The van der Waals surface area contributed by atoms with Gasteiger partial charge in [0.25, 0.3) is 5.91 Å². The normalized spacial score (nSPS) is 17.0. The molecule has 130 valence electrons. The van der Waals surface area contributed by atoms with Crippen molar-refractivity contribution in [3.63, 3.8) is 0 Å². The molecule has 0 radical (unpaired) electrons. The fraction of sp³-hybridized carbons (Fsp3) is 0.222. The zero-order valence-corrected chi connectivity index (χ0v) is 13.1. The quantitative estimate of drug-likeness (QED) is 0.924. The molecule has 0 aromatic heterocycles. The highest BCUT2D eigenvalue weighted by Gasteiger charge is 2.31. The van der Waals surface area contributed by atoms with Crippen LogP contribution in [0.2, 0.25) is 0 Å². The Kier molecular flexibility index (Phi) is 4.74. The fourth-order valence-corrected chi connectivity index (χ4v) is 2.83. The van der Waals surface area contributed by atoms with Gasteiger partial charge in [-0.25, -0.2) is 13.2 Å². The summed E-state index contributed by atoms with van der Waals surface area (Å²) in [5.41, 5.74) is -0.0670. The minimum Gasteiger partial charge on any atom is -0.351 e. The van der Waals surface area contributed by atoms with Crippen molar-refractivity contribution in [3.05, 3.63) is 65.5 Å². The van der Waals surface area contributed by atoms with E-state index in [1.807, 2.05) is 0 Å². The highest BCUT2D eigenvalue weighted by atomic mass is 19.1. The number of anilines is 1. The summed E-state index contributed by atoms with van der Waals surface area (Å²) in [5.74, 6) is -3.48. The van der Waals surface area contributed by atoms with E-state index in [1.54, 1.807) is 0 Å². The number of benzene rings is 2. The molecule has 1 aliphatic rings. The van der Waals surface area contributed by atoms with Crippen LogP contribution < -0.4 is 10.2 Å². The molecule has 1 unspecified atom stereocenters. The summed E-state index contributed by atoms with van der Waals surface area (Å²) in [5, 5.41) is 2.47. The molecule has 0 spiro atoms. The molecule has 4 nitrogen and oxygen atoms in total. The molecule has 2 amide bonds. The first-order chi connectivity index (χ1) is 12.0. The molecule has 3 rings (SSSR count). The number of carbonyl (C=O) groups is 2. The van der Waals surface area contributed by atoms with Gasteiger partial charge in [0.05, 0.1) is 0 Å². The molecule has 0 saturated carbocycles. The zero-order valence-electron chi connectivity index (χ0n) is 13.1. The molecule has 0 aliphatic carbocycles. The molecule has 1 N–H and O–H groups in total. The maximum Gasteiger partial charge on any atom is 0.257 e. The van der Waals surface area contributed by atoms with Crippen LogP contribution in [0, 0.1) is 23.4 Å². The number of amides is 2. The van der Waals surface area contributed by atoms with Gasteiger partial charge in [-0.3, -0.25) is 9.59 Å². The van der Waals surface area contributed by atoms with Gasteiger partial charge in [-0.2, -0.15) is 0 Å². The molecular formula is C18H15F3N2O2. The van der Waals surface area contributed by atoms with Gasteiger partial charge in [0.2, 0.25) is 5.91 Å². The second-order valence-electron chi connectivity index (χ2n) is 5.86. The maximum absolute atomic E-state index is 13.6. The van der Waals surface area contributed by atoms with E-state index in [0.717, 1.165) is 12.1 Å². The molecule has 0 bridgehead atoms. The second kappa shape index (κ2) is 6.96. The predicted octanol–water partition coefficient (Wildman–Crippen LogP) is 2.89. The number of halogens is 3. The summed E-state index contributed by atoms with van der Waals surface area (Å²) < 4.78 is 40.1. The van der Waals surface area contributed by atoms with Crippen molar-refractivity contribution in [3.8, 4) is 0 Å². The van der Waals surface area contributed by atoms with E-state index in [2.05, 4.69) is 5.32 Å². The first kappa shape index (κ1) is 17.0. The number of rotatable bonds is 4. The van der Waals surface area contributed by atoms with Crippen LogP contribution in [0.5, 0.6) is 0 Å². The standard InChI is InChI=1S/C18H15F3N2O2/c19-12-4-6-13(7-5-12)23-10-11(8-16(23)24)9-22-18(25)17-14(20)2-1-3-15(17)21/h1-7,11H,8-10H2,(H,22,25). The minimum absolute atomic E-state index is 0.107. The van der Waals surface area contributed by atoms with Gasteiger partial charge in [-0.15, -0.1) is 0 Å². The van der Waals surface area contributed by atoms with Crippen LogP contribution in [0.4, 0.5) is 18.9 Å². The number of hydrogen-bond donors (Lipinski definition) is 1. The van der Waals surface area contributed by atoms with E-state index in [4.69, 9.17) is 0 Å². The van der Waals surface area contributed by atoms with Gasteiger partial charge in [-0.05, 0) is 36.4 Å². The molecule has 25 heavy (non-hydrogen) atoms. The number of hydrogen-bond acceptors (Lipinski definition) is 2. The van der Waals surface area contributed by atoms with Gasteiger partial charge in [0, 0.05) is 31.1 Å². The lowest BCUT2D eigenvalue weighted by Gasteiger charge is -2.17. The zero-order chi connectivity index (χ0) is 18.0. The third-order valence-corrected chi connectivity index (χ3v) is 4.08. The summed E-state index contributed by atoms with van der Waals surface area (Å²) in [6.07, 6.45) is 0.192. The lowest BCUT2D eigenvalue weighted by Crippen LogP contribution is -2.32. The van der Waals surface area contributed by atoms with Crippen molar-refractivity contribution in [2.45, 2.75) is 6.42 Å². The Labute approximate surface area is 142 Å². The predicted molar refractivity (Wildman–Crippen MR) is 85.6 cm³/mol. The van der Waals surface area contributed by atoms with Gasteiger partial charge in [0.15, 0.2) is 0 Å². The number of carbonyl (C=O) groups excluding carboxylic acids is 2. The van der Waals surface area contributed by atoms with Crippen molar-refractivity contribution in [2.24, 2.45) is 5.92 Å². The maximum atomic E-state index is 13.6. The number of nitrogens with one attached hydrogen (secondary N) is 1. The van der Waals surface area contributed by atoms with E-state index in [-0.39, 0.29) is 24.8 Å². The van der Waals surface area contributed by atoms with E-state index in [1.165, 1.54) is 35.2 Å². The molecule has 2 aromatic rings. The van der Waals surface area contributed by atoms with Crippen LogP contribution in [0.1, 0.15) is 16.8 Å². The molecule has 2 aromatic carbocycles. The monoisotopic (exact) mass is 348 g/mol. The third kappa shape index (κ3) is 3.65. The van der Waals surface area contributed by atoms with Crippen LogP contribution in [0.15, 0.2) is 42.5 Å². The summed E-state index contributed by atoms with van der Waals surface area (Å²) in [6, 6.07) is 8.72. The lowest BCUT2D eigenvalue weighted by molar-refractivity contribution is -0.117. The van der Waals surface area contributed by atoms with Gasteiger partial charge in [0.1, 0.15) is 23.0 Å². The lowest BCUT2D eigenvalue weighted by atomic mass is 10.1. The Morgan fingerprint density at radius 3 is 2.36 bits per heavy atom. The van der Waals surface area contributed by atoms with Crippen molar-refractivity contribution < 1.29 is 22.8 Å². The van der Waals surface area contributed by atoms with E-state index >= 15 is 0 Å². The van der Waals surface area contributed by atoms with E-state index < -0.39 is 28.9 Å². The van der Waals surface area contributed by atoms with Crippen LogP contribution in [-0.2, 0) is 4.79 Å². The van der Waals surface area contributed by atoms with Gasteiger partial charge in [-0.1, -0.05) is 6.07 Å². The second-order valence-corrected chi connectivity index (χ2v) is 5.86. The van der Waals surface area contributed by atoms with Crippen LogP contribution in [0.3, 0.4) is 0 Å². The Morgan fingerprint density at radius 1 is 1.08 bits per heavy atom. The van der Waals surface area contributed by atoms with Crippen molar-refractivity contribution in [1.29, 1.82) is 0 Å². The molecule has 1 saturated heterocycles. The van der Waals surface area contributed by atoms with Gasteiger partial charge < -0.3 is 10.2 Å². The number of nitrogens with zero attached hydrogens (tertiary/aromatic N) is 1. The van der Waals surface area contributed by atoms with Crippen molar-refractivity contribution in [2.75, 3.05) is 18.0 Å². The third-order valence-electron chi connectivity index (χ3n) is 4.08. The largest absolute Gasteiger partial charge is 0.351 e. The van der Waals surface area contributed by atoms with Crippen molar-refractivity contribution in [1.82, 2.24) is 5.32 Å². The smallest absolute Gasteiger partial charge is 0.257 e. The highest BCUT2D eigenvalue weighted by molar-refractivity contribution is 5.96. The Morgan fingerprint density at radius 2 is 1.72 bits per heavy atom. The first-order valence-corrected chi connectivity index (χ1v) is 7.74. The van der Waals surface area contributed by atoms with Gasteiger partial charge >= 0.3 is 0 Å². The molecule has 1 aliphatic heterocycles. The van der Waals surface area contributed by atoms with Crippen LogP contribution in [-0.4, -0.2) is 24.9 Å². The minimum atomic E-state index is -0.937. The van der Waals surface area contributed by atoms with E-state index in [0.29, 0.717) is 12.2 Å².